The van der Waals surface area contributed by atoms with E-state index >= 15 is 0 Å². The van der Waals surface area contributed by atoms with Crippen LogP contribution in [-0.2, 0) is 5.41 Å². The third-order valence-corrected chi connectivity index (χ3v) is 8.57. The van der Waals surface area contributed by atoms with Crippen LogP contribution < -0.4 is 10.6 Å². The molecule has 4 saturated carbocycles. The summed E-state index contributed by atoms with van der Waals surface area (Å²) >= 11 is 0. The number of benzene rings is 2. The number of hydrogen-bond acceptors (Lipinski definition) is 2. The van der Waals surface area contributed by atoms with Gasteiger partial charge in [-0.3, -0.25) is 0 Å². The van der Waals surface area contributed by atoms with Crippen molar-refractivity contribution in [3.05, 3.63) is 53.8 Å². The first kappa shape index (κ1) is 15.1. The lowest BCUT2D eigenvalue weighted by molar-refractivity contribution is -0.198. The van der Waals surface area contributed by atoms with Gasteiger partial charge in [-0.05, 0) is 91.2 Å². The van der Waals surface area contributed by atoms with Crippen LogP contribution in [0.2, 0.25) is 0 Å². The second-order valence-corrected chi connectivity index (χ2v) is 9.28. The van der Waals surface area contributed by atoms with Crippen LogP contribution in [0.15, 0.2) is 42.5 Å². The zero-order valence-electron chi connectivity index (χ0n) is 15.2. The standard InChI is InChI=1S/C23H25FN2/c1-26(19-6-7-21(25)20(24)10-19)18-4-2-15(3-5-18)22-11-14-8-16-9-17(13-22)23(16,22)12-14/h2-7,10,14,16-17H,8-9,11-13,25H2,1H3. The summed E-state index contributed by atoms with van der Waals surface area (Å²) in [6, 6.07) is 14.1. The Hall–Kier alpha value is -2.03. The van der Waals surface area contributed by atoms with Gasteiger partial charge in [-0.25, -0.2) is 4.39 Å². The van der Waals surface area contributed by atoms with Crippen LogP contribution in [-0.4, -0.2) is 7.05 Å². The summed E-state index contributed by atoms with van der Waals surface area (Å²) in [4.78, 5) is 2.03. The van der Waals surface area contributed by atoms with Gasteiger partial charge >= 0.3 is 0 Å². The van der Waals surface area contributed by atoms with E-state index in [9.17, 15) is 4.39 Å². The predicted octanol–water partition coefficient (Wildman–Crippen LogP) is 5.25. The van der Waals surface area contributed by atoms with Crippen molar-refractivity contribution in [2.24, 2.45) is 23.2 Å². The van der Waals surface area contributed by atoms with Crippen molar-refractivity contribution in [3.8, 4) is 0 Å². The van der Waals surface area contributed by atoms with Crippen molar-refractivity contribution in [2.45, 2.75) is 37.5 Å². The molecule has 26 heavy (non-hydrogen) atoms. The van der Waals surface area contributed by atoms with Gasteiger partial charge in [0.25, 0.3) is 0 Å². The number of rotatable bonds is 3. The highest BCUT2D eigenvalue weighted by atomic mass is 19.1. The van der Waals surface area contributed by atoms with E-state index in [0.717, 1.165) is 29.1 Å². The molecular formula is C23H25FN2. The van der Waals surface area contributed by atoms with Crippen molar-refractivity contribution in [1.29, 1.82) is 0 Å². The molecule has 0 aromatic heterocycles. The Bertz CT molecular complexity index is 907. The average Bonchev–Trinajstić information content (AvgIpc) is 3.13. The molecule has 5 unspecified atom stereocenters. The van der Waals surface area contributed by atoms with E-state index in [2.05, 4.69) is 24.3 Å². The smallest absolute Gasteiger partial charge is 0.148 e. The van der Waals surface area contributed by atoms with Gasteiger partial charge in [0.2, 0.25) is 0 Å². The molecule has 0 aliphatic heterocycles. The molecule has 6 rings (SSSR count). The molecule has 3 heteroatoms. The third-order valence-electron chi connectivity index (χ3n) is 8.57. The quantitative estimate of drug-likeness (QED) is 0.767. The fraction of sp³-hybridized carbons (Fsp3) is 0.478. The van der Waals surface area contributed by atoms with Gasteiger partial charge in [0.1, 0.15) is 5.82 Å². The molecule has 2 bridgehead atoms. The van der Waals surface area contributed by atoms with Crippen molar-refractivity contribution in [1.82, 2.24) is 0 Å². The second kappa shape index (κ2) is 4.62. The number of nitrogens with two attached hydrogens (primary N) is 1. The minimum absolute atomic E-state index is 0.196. The Morgan fingerprint density at radius 3 is 2.42 bits per heavy atom. The first-order chi connectivity index (χ1) is 12.5. The largest absolute Gasteiger partial charge is 0.396 e. The monoisotopic (exact) mass is 348 g/mol. The van der Waals surface area contributed by atoms with Crippen LogP contribution in [0.5, 0.6) is 0 Å². The van der Waals surface area contributed by atoms with Crippen molar-refractivity contribution < 1.29 is 4.39 Å². The lowest BCUT2D eigenvalue weighted by Gasteiger charge is -2.73. The number of anilines is 3. The van der Waals surface area contributed by atoms with Crippen molar-refractivity contribution in [2.75, 3.05) is 17.7 Å². The van der Waals surface area contributed by atoms with Gasteiger partial charge in [0.15, 0.2) is 0 Å². The third kappa shape index (κ3) is 1.55. The normalized spacial score (nSPS) is 38.5. The number of fused-ring (bicyclic) bond motifs is 1. The summed E-state index contributed by atoms with van der Waals surface area (Å²) in [5.41, 5.74) is 10.4. The molecule has 1 spiro atoms. The molecule has 2 N–H and O–H groups in total. The fourth-order valence-electron chi connectivity index (χ4n) is 7.57. The summed E-state index contributed by atoms with van der Waals surface area (Å²) in [5, 5.41) is 0. The SMILES string of the molecule is CN(c1ccc(C23CC4CC5CC(C2)C53C4)cc1)c1ccc(N)c(F)c1. The summed E-state index contributed by atoms with van der Waals surface area (Å²) < 4.78 is 13.8. The first-order valence-corrected chi connectivity index (χ1v) is 9.93. The van der Waals surface area contributed by atoms with E-state index in [1.165, 1.54) is 38.2 Å². The molecule has 0 heterocycles. The lowest BCUT2D eigenvalue weighted by Crippen LogP contribution is -2.68. The molecule has 0 saturated heterocycles. The lowest BCUT2D eigenvalue weighted by atomic mass is 9.31. The highest BCUT2D eigenvalue weighted by molar-refractivity contribution is 5.65. The zero-order valence-corrected chi connectivity index (χ0v) is 15.2. The molecule has 0 radical (unpaired) electrons. The maximum Gasteiger partial charge on any atom is 0.148 e. The minimum atomic E-state index is -0.359. The van der Waals surface area contributed by atoms with E-state index < -0.39 is 0 Å². The van der Waals surface area contributed by atoms with Gasteiger partial charge in [-0.1, -0.05) is 12.1 Å². The minimum Gasteiger partial charge on any atom is -0.396 e. The molecule has 4 aliphatic rings. The molecule has 2 aromatic carbocycles. The average molecular weight is 348 g/mol. The second-order valence-electron chi connectivity index (χ2n) is 9.28. The maximum atomic E-state index is 13.8. The molecule has 4 aliphatic carbocycles. The molecular weight excluding hydrogens is 323 g/mol. The topological polar surface area (TPSA) is 29.3 Å². The van der Waals surface area contributed by atoms with Crippen LogP contribution in [0.4, 0.5) is 21.5 Å². The molecule has 2 nitrogen and oxygen atoms in total. The van der Waals surface area contributed by atoms with Crippen LogP contribution in [0, 0.1) is 29.0 Å². The highest BCUT2D eigenvalue weighted by Gasteiger charge is 2.80. The van der Waals surface area contributed by atoms with E-state index in [4.69, 9.17) is 5.73 Å². The van der Waals surface area contributed by atoms with Crippen LogP contribution in [0.3, 0.4) is 0 Å². The molecule has 134 valence electrons. The van der Waals surface area contributed by atoms with Crippen LogP contribution in [0.25, 0.3) is 0 Å². The van der Waals surface area contributed by atoms with Crippen molar-refractivity contribution in [3.63, 3.8) is 0 Å². The summed E-state index contributed by atoms with van der Waals surface area (Å²) in [6.45, 7) is 0. The number of nitrogens with zero attached hydrogens (tertiary/aromatic N) is 1. The van der Waals surface area contributed by atoms with E-state index in [-0.39, 0.29) is 11.5 Å². The van der Waals surface area contributed by atoms with Gasteiger partial charge in [0, 0.05) is 23.8 Å². The summed E-state index contributed by atoms with van der Waals surface area (Å²) in [6.07, 6.45) is 7.33. The van der Waals surface area contributed by atoms with Crippen LogP contribution >= 0.6 is 0 Å². The molecule has 5 atom stereocenters. The Morgan fingerprint density at radius 1 is 0.962 bits per heavy atom. The Kier molecular flexibility index (Phi) is 2.68. The Labute approximate surface area is 154 Å². The van der Waals surface area contributed by atoms with Gasteiger partial charge in [-0.15, -0.1) is 0 Å². The Morgan fingerprint density at radius 2 is 1.73 bits per heavy atom. The number of nitrogen functional groups attached to an aromatic ring is 1. The van der Waals surface area contributed by atoms with E-state index in [0.29, 0.717) is 10.8 Å². The first-order valence-electron chi connectivity index (χ1n) is 9.93. The molecule has 2 aromatic rings. The van der Waals surface area contributed by atoms with E-state index in [1.54, 1.807) is 11.6 Å². The van der Waals surface area contributed by atoms with Crippen LogP contribution in [0.1, 0.15) is 37.7 Å². The number of hydrogen-bond donors (Lipinski definition) is 1. The molecule has 4 fully saturated rings. The maximum absolute atomic E-state index is 13.8. The highest BCUT2D eigenvalue weighted by Crippen LogP contribution is 2.86. The number of halogens is 1. The van der Waals surface area contributed by atoms with Gasteiger partial charge in [0.05, 0.1) is 5.69 Å². The zero-order chi connectivity index (χ0) is 17.7. The van der Waals surface area contributed by atoms with Crippen molar-refractivity contribution >= 4 is 17.1 Å². The fourth-order valence-corrected chi connectivity index (χ4v) is 7.57. The molecule has 0 amide bonds. The Balaban J connectivity index is 1.31. The van der Waals surface area contributed by atoms with Gasteiger partial charge in [-0.2, -0.15) is 0 Å². The summed E-state index contributed by atoms with van der Waals surface area (Å²) in [7, 11) is 1.98. The van der Waals surface area contributed by atoms with E-state index in [1.807, 2.05) is 18.0 Å². The summed E-state index contributed by atoms with van der Waals surface area (Å²) in [5.74, 6) is 2.65. The van der Waals surface area contributed by atoms with Gasteiger partial charge < -0.3 is 10.6 Å². The predicted molar refractivity (Wildman–Crippen MR) is 103 cm³/mol.